The molecule has 0 aromatic heterocycles. The molecule has 0 aliphatic heterocycles. The molecule has 0 atom stereocenters. The fourth-order valence-electron chi connectivity index (χ4n) is 1.63. The summed E-state index contributed by atoms with van der Waals surface area (Å²) < 4.78 is 25.8. The molecule has 98 valence electrons. The topological polar surface area (TPSA) is 66.8 Å². The van der Waals surface area contributed by atoms with Gasteiger partial charge in [-0.2, -0.15) is 9.30 Å². The number of benzene rings is 1. The Balaban J connectivity index is 3.34. The molecule has 6 heteroatoms. The predicted molar refractivity (Wildman–Crippen MR) is 69.1 cm³/mol. The van der Waals surface area contributed by atoms with Gasteiger partial charge < -0.3 is 0 Å². The van der Waals surface area contributed by atoms with Gasteiger partial charge in [-0.1, -0.05) is 19.9 Å². The summed E-state index contributed by atoms with van der Waals surface area (Å²) in [6.45, 7) is 6.11. The maximum atomic E-state index is 12.2. The fraction of sp³-hybridized carbons (Fsp3) is 0.417. The molecule has 1 rings (SSSR count). The highest BCUT2D eigenvalue weighted by atomic mass is 32.2. The van der Waals surface area contributed by atoms with Crippen LogP contribution in [0.15, 0.2) is 28.1 Å². The number of carbonyl (C=O) groups excluding carboxylic acids is 1. The van der Waals surface area contributed by atoms with Gasteiger partial charge in [0.25, 0.3) is 0 Å². The first-order valence-corrected chi connectivity index (χ1v) is 7.10. The standard InChI is InChI=1S/C12H16N2O3S/c1-4-14(5-2)18(16,17)11-7-6-10(3)12(8-11)13-9-15/h6-8H,4-5H2,1-3H3. The summed E-state index contributed by atoms with van der Waals surface area (Å²) >= 11 is 0. The van der Waals surface area contributed by atoms with Gasteiger partial charge in [0, 0.05) is 13.1 Å². The van der Waals surface area contributed by atoms with E-state index in [0.717, 1.165) is 5.56 Å². The van der Waals surface area contributed by atoms with Crippen LogP contribution in [-0.2, 0) is 14.8 Å². The molecule has 0 saturated carbocycles. The van der Waals surface area contributed by atoms with Crippen molar-refractivity contribution in [2.75, 3.05) is 13.1 Å². The maximum absolute atomic E-state index is 12.2. The Hall–Kier alpha value is -1.49. The van der Waals surface area contributed by atoms with Gasteiger partial charge in [0.15, 0.2) is 0 Å². The van der Waals surface area contributed by atoms with Crippen LogP contribution in [0.4, 0.5) is 5.69 Å². The van der Waals surface area contributed by atoms with E-state index >= 15 is 0 Å². The van der Waals surface area contributed by atoms with Gasteiger partial charge in [-0.05, 0) is 24.6 Å². The quantitative estimate of drug-likeness (QED) is 0.606. The number of nitrogens with zero attached hydrogens (tertiary/aromatic N) is 2. The zero-order chi connectivity index (χ0) is 13.8. The van der Waals surface area contributed by atoms with E-state index in [1.54, 1.807) is 26.8 Å². The van der Waals surface area contributed by atoms with Crippen LogP contribution >= 0.6 is 0 Å². The molecule has 0 amide bonds. The van der Waals surface area contributed by atoms with Crippen molar-refractivity contribution in [3.8, 4) is 0 Å². The van der Waals surface area contributed by atoms with Crippen molar-refractivity contribution in [1.29, 1.82) is 0 Å². The lowest BCUT2D eigenvalue weighted by molar-refractivity contribution is 0.445. The Labute approximate surface area is 107 Å². The zero-order valence-corrected chi connectivity index (χ0v) is 11.5. The number of aryl methyl sites for hydroxylation is 1. The smallest absolute Gasteiger partial charge is 0.211 e. The molecule has 5 nitrogen and oxygen atoms in total. The van der Waals surface area contributed by atoms with Crippen molar-refractivity contribution in [2.45, 2.75) is 25.7 Å². The average Bonchev–Trinajstić information content (AvgIpc) is 2.33. The van der Waals surface area contributed by atoms with Gasteiger partial charge in [0.05, 0.1) is 10.6 Å². The molecule has 0 aliphatic rings. The molecule has 1 aromatic rings. The number of sulfonamides is 1. The molecule has 0 bridgehead atoms. The molecule has 1 aromatic carbocycles. The minimum absolute atomic E-state index is 0.144. The minimum Gasteiger partial charge on any atom is -0.211 e. The van der Waals surface area contributed by atoms with Crippen molar-refractivity contribution in [3.63, 3.8) is 0 Å². The van der Waals surface area contributed by atoms with Gasteiger partial charge in [-0.25, -0.2) is 13.2 Å². The third kappa shape index (κ3) is 2.85. The molecular weight excluding hydrogens is 252 g/mol. The van der Waals surface area contributed by atoms with E-state index in [4.69, 9.17) is 0 Å². The first-order chi connectivity index (χ1) is 8.47. The molecule has 0 saturated heterocycles. The Morgan fingerprint density at radius 2 is 1.89 bits per heavy atom. The number of aliphatic imine (C=N–C) groups is 1. The van der Waals surface area contributed by atoms with E-state index in [0.29, 0.717) is 18.8 Å². The first kappa shape index (κ1) is 14.6. The van der Waals surface area contributed by atoms with Crippen molar-refractivity contribution < 1.29 is 13.2 Å². The summed E-state index contributed by atoms with van der Waals surface area (Å²) in [5, 5.41) is 0. The normalized spacial score (nSPS) is 11.3. The number of hydrogen-bond acceptors (Lipinski definition) is 4. The van der Waals surface area contributed by atoms with Crippen molar-refractivity contribution in [3.05, 3.63) is 23.8 Å². The van der Waals surface area contributed by atoms with E-state index < -0.39 is 10.0 Å². The van der Waals surface area contributed by atoms with Gasteiger partial charge in [-0.3, -0.25) is 0 Å². The summed E-state index contributed by atoms with van der Waals surface area (Å²) in [4.78, 5) is 13.9. The van der Waals surface area contributed by atoms with Gasteiger partial charge in [-0.15, -0.1) is 0 Å². The molecule has 18 heavy (non-hydrogen) atoms. The van der Waals surface area contributed by atoms with E-state index in [1.165, 1.54) is 22.5 Å². The lowest BCUT2D eigenvalue weighted by Crippen LogP contribution is -2.30. The van der Waals surface area contributed by atoms with Gasteiger partial charge in [0.2, 0.25) is 16.1 Å². The van der Waals surface area contributed by atoms with Crippen LogP contribution in [0.3, 0.4) is 0 Å². The summed E-state index contributed by atoms with van der Waals surface area (Å²) in [5.74, 6) is 0. The molecule has 0 unspecified atom stereocenters. The summed E-state index contributed by atoms with van der Waals surface area (Å²) in [7, 11) is -3.52. The summed E-state index contributed by atoms with van der Waals surface area (Å²) in [6, 6.07) is 4.55. The van der Waals surface area contributed by atoms with E-state index in [1.807, 2.05) is 0 Å². The molecule has 0 fully saturated rings. The Morgan fingerprint density at radius 3 is 2.39 bits per heavy atom. The minimum atomic E-state index is -3.52. The van der Waals surface area contributed by atoms with Crippen molar-refractivity contribution in [2.24, 2.45) is 4.99 Å². The highest BCUT2D eigenvalue weighted by Crippen LogP contribution is 2.24. The zero-order valence-electron chi connectivity index (χ0n) is 10.7. The second kappa shape index (κ2) is 5.91. The second-order valence-corrected chi connectivity index (χ2v) is 5.68. The van der Waals surface area contributed by atoms with E-state index in [-0.39, 0.29) is 4.90 Å². The summed E-state index contributed by atoms with van der Waals surface area (Å²) in [5.41, 5.74) is 1.06. The number of isocyanates is 1. The molecular formula is C12H16N2O3S. The van der Waals surface area contributed by atoms with E-state index in [2.05, 4.69) is 4.99 Å². The largest absolute Gasteiger partial charge is 0.243 e. The third-order valence-corrected chi connectivity index (χ3v) is 4.74. The Bertz CT molecular complexity index is 571. The van der Waals surface area contributed by atoms with Crippen LogP contribution in [-0.4, -0.2) is 31.9 Å². The fourth-order valence-corrected chi connectivity index (χ4v) is 3.11. The Kier molecular flexibility index (Phi) is 4.78. The van der Waals surface area contributed by atoms with Crippen molar-refractivity contribution >= 4 is 21.8 Å². The highest BCUT2D eigenvalue weighted by Gasteiger charge is 2.22. The lowest BCUT2D eigenvalue weighted by atomic mass is 10.2. The molecule has 0 aliphatic carbocycles. The number of hydrogen-bond donors (Lipinski definition) is 0. The monoisotopic (exact) mass is 268 g/mol. The molecule has 0 radical (unpaired) electrons. The first-order valence-electron chi connectivity index (χ1n) is 5.66. The van der Waals surface area contributed by atoms with Crippen LogP contribution < -0.4 is 0 Å². The average molecular weight is 268 g/mol. The lowest BCUT2D eigenvalue weighted by Gasteiger charge is -2.18. The van der Waals surface area contributed by atoms with Gasteiger partial charge >= 0.3 is 0 Å². The van der Waals surface area contributed by atoms with Gasteiger partial charge in [0.1, 0.15) is 0 Å². The van der Waals surface area contributed by atoms with E-state index in [9.17, 15) is 13.2 Å². The molecule has 0 N–H and O–H groups in total. The van der Waals surface area contributed by atoms with Crippen LogP contribution in [0.1, 0.15) is 19.4 Å². The van der Waals surface area contributed by atoms with Crippen LogP contribution in [0.2, 0.25) is 0 Å². The summed E-state index contributed by atoms with van der Waals surface area (Å²) in [6.07, 6.45) is 1.43. The maximum Gasteiger partial charge on any atom is 0.243 e. The van der Waals surface area contributed by atoms with Crippen LogP contribution in [0.5, 0.6) is 0 Å². The predicted octanol–water partition coefficient (Wildman–Crippen LogP) is 1.99. The van der Waals surface area contributed by atoms with Crippen LogP contribution in [0.25, 0.3) is 0 Å². The Morgan fingerprint density at radius 1 is 1.28 bits per heavy atom. The SMILES string of the molecule is CCN(CC)S(=O)(=O)c1ccc(C)c(N=C=O)c1. The van der Waals surface area contributed by atoms with Crippen molar-refractivity contribution in [1.82, 2.24) is 4.31 Å². The highest BCUT2D eigenvalue weighted by molar-refractivity contribution is 7.89. The second-order valence-electron chi connectivity index (χ2n) is 3.74. The molecule has 0 heterocycles. The number of rotatable bonds is 5. The molecule has 0 spiro atoms. The third-order valence-electron chi connectivity index (χ3n) is 2.69. The van der Waals surface area contributed by atoms with Crippen LogP contribution in [0, 0.1) is 6.92 Å².